The first-order chi connectivity index (χ1) is 9.12. The van der Waals surface area contributed by atoms with Gasteiger partial charge in [0.2, 0.25) is 5.91 Å². The summed E-state index contributed by atoms with van der Waals surface area (Å²) in [5.41, 5.74) is 2.29. The van der Waals surface area contributed by atoms with Crippen LogP contribution in [0.5, 0.6) is 0 Å². The van der Waals surface area contributed by atoms with Gasteiger partial charge in [0.1, 0.15) is 0 Å². The van der Waals surface area contributed by atoms with Crippen LogP contribution in [0.4, 0.5) is 5.69 Å². The van der Waals surface area contributed by atoms with Gasteiger partial charge in [-0.15, -0.1) is 0 Å². The summed E-state index contributed by atoms with van der Waals surface area (Å²) in [5.74, 6) is 0.0580. The van der Waals surface area contributed by atoms with Crippen LogP contribution < -0.4 is 15.5 Å². The molecule has 0 aliphatic carbocycles. The molecule has 0 heterocycles. The van der Waals surface area contributed by atoms with Crippen LogP contribution in [0.3, 0.4) is 0 Å². The molecule has 5 heteroatoms. The molecule has 1 aromatic rings. The van der Waals surface area contributed by atoms with Crippen LogP contribution in [0.2, 0.25) is 0 Å². The van der Waals surface area contributed by atoms with Gasteiger partial charge in [0.05, 0.1) is 6.54 Å². The van der Waals surface area contributed by atoms with E-state index >= 15 is 0 Å². The second-order valence-corrected chi connectivity index (χ2v) is 5.19. The molecule has 2 N–H and O–H groups in total. The van der Waals surface area contributed by atoms with Gasteiger partial charge in [-0.05, 0) is 44.7 Å². The number of halogens is 1. The topological polar surface area (TPSA) is 44.4 Å². The fourth-order valence-electron chi connectivity index (χ4n) is 1.99. The molecule has 0 saturated heterocycles. The van der Waals surface area contributed by atoms with Crippen molar-refractivity contribution in [2.75, 3.05) is 31.6 Å². The highest BCUT2D eigenvalue weighted by Gasteiger charge is 2.13. The van der Waals surface area contributed by atoms with Crippen LogP contribution >= 0.6 is 15.9 Å². The third-order valence-electron chi connectivity index (χ3n) is 2.84. The van der Waals surface area contributed by atoms with Crippen molar-refractivity contribution in [2.24, 2.45) is 0 Å². The predicted octanol–water partition coefficient (Wildman–Crippen LogP) is 2.13. The first-order valence-electron chi connectivity index (χ1n) is 6.57. The summed E-state index contributed by atoms with van der Waals surface area (Å²) in [6, 6.07) is 6.15. The highest BCUT2D eigenvalue weighted by Crippen LogP contribution is 2.24. The number of likely N-dealkylation sites (N-methyl/N-ethyl adjacent to an activating group) is 2. The second-order valence-electron chi connectivity index (χ2n) is 4.27. The predicted molar refractivity (Wildman–Crippen MR) is 83.5 cm³/mol. The first kappa shape index (κ1) is 16.0. The van der Waals surface area contributed by atoms with Crippen LogP contribution in [0, 0.1) is 0 Å². The summed E-state index contributed by atoms with van der Waals surface area (Å²) in [4.78, 5) is 13.8. The molecule has 0 atom stereocenters. The maximum absolute atomic E-state index is 11.7. The number of nitrogens with one attached hydrogen (secondary N) is 2. The number of amides is 1. The average Bonchev–Trinajstić information content (AvgIpc) is 2.37. The molecule has 0 aliphatic rings. The summed E-state index contributed by atoms with van der Waals surface area (Å²) in [6.07, 6.45) is 0. The zero-order valence-corrected chi connectivity index (χ0v) is 13.4. The lowest BCUT2D eigenvalue weighted by Crippen LogP contribution is -2.37. The molecule has 106 valence electrons. The number of anilines is 1. The van der Waals surface area contributed by atoms with Gasteiger partial charge in [-0.25, -0.2) is 0 Å². The summed E-state index contributed by atoms with van der Waals surface area (Å²) in [7, 11) is 1.92. The standard InChI is InChI=1S/C14H22BrN3O/c1-4-17-14(19)10-18(5-2)13-7-6-12(15)8-11(13)9-16-3/h6-8,16H,4-5,9-10H2,1-3H3,(H,17,19). The van der Waals surface area contributed by atoms with Crippen LogP contribution in [0.15, 0.2) is 22.7 Å². The molecule has 0 saturated carbocycles. The average molecular weight is 328 g/mol. The summed E-state index contributed by atoms with van der Waals surface area (Å²) in [6.45, 7) is 6.63. The van der Waals surface area contributed by atoms with Crippen molar-refractivity contribution in [3.63, 3.8) is 0 Å². The van der Waals surface area contributed by atoms with Crippen LogP contribution in [-0.2, 0) is 11.3 Å². The Bertz CT molecular complexity index is 423. The summed E-state index contributed by atoms with van der Waals surface area (Å²) >= 11 is 3.49. The van der Waals surface area contributed by atoms with Gasteiger partial charge >= 0.3 is 0 Å². The smallest absolute Gasteiger partial charge is 0.239 e. The highest BCUT2D eigenvalue weighted by atomic mass is 79.9. The molecule has 19 heavy (non-hydrogen) atoms. The Morgan fingerprint density at radius 3 is 2.68 bits per heavy atom. The van der Waals surface area contributed by atoms with Gasteiger partial charge in [0, 0.05) is 29.8 Å². The Balaban J connectivity index is 2.93. The van der Waals surface area contributed by atoms with Gasteiger partial charge in [0.15, 0.2) is 0 Å². The maximum atomic E-state index is 11.7. The van der Waals surface area contributed by atoms with E-state index in [1.807, 2.05) is 20.0 Å². The monoisotopic (exact) mass is 327 g/mol. The van der Waals surface area contributed by atoms with E-state index in [1.165, 1.54) is 5.56 Å². The number of carbonyl (C=O) groups is 1. The Morgan fingerprint density at radius 2 is 2.11 bits per heavy atom. The van der Waals surface area contributed by atoms with Crippen molar-refractivity contribution in [1.82, 2.24) is 10.6 Å². The van der Waals surface area contributed by atoms with Crippen LogP contribution in [0.25, 0.3) is 0 Å². The van der Waals surface area contributed by atoms with Gasteiger partial charge in [-0.2, -0.15) is 0 Å². The Labute approximate surface area is 123 Å². The molecule has 1 rings (SSSR count). The SMILES string of the molecule is CCNC(=O)CN(CC)c1ccc(Br)cc1CNC. The van der Waals surface area contributed by atoms with E-state index < -0.39 is 0 Å². The van der Waals surface area contributed by atoms with Gasteiger partial charge in [-0.3, -0.25) is 4.79 Å². The Kier molecular flexibility index (Phi) is 6.87. The number of rotatable bonds is 7. The van der Waals surface area contributed by atoms with E-state index in [2.05, 4.69) is 50.5 Å². The highest BCUT2D eigenvalue weighted by molar-refractivity contribution is 9.10. The molecular weight excluding hydrogens is 306 g/mol. The number of hydrogen-bond donors (Lipinski definition) is 2. The Morgan fingerprint density at radius 1 is 1.37 bits per heavy atom. The molecule has 0 bridgehead atoms. The van der Waals surface area contributed by atoms with E-state index in [1.54, 1.807) is 0 Å². The minimum atomic E-state index is 0.0580. The van der Waals surface area contributed by atoms with E-state index in [-0.39, 0.29) is 5.91 Å². The van der Waals surface area contributed by atoms with E-state index in [4.69, 9.17) is 0 Å². The lowest BCUT2D eigenvalue weighted by atomic mass is 10.1. The molecule has 1 aromatic carbocycles. The van der Waals surface area contributed by atoms with Crippen LogP contribution in [-0.4, -0.2) is 32.6 Å². The van der Waals surface area contributed by atoms with Crippen LogP contribution in [0.1, 0.15) is 19.4 Å². The van der Waals surface area contributed by atoms with Gasteiger partial charge in [0.25, 0.3) is 0 Å². The third kappa shape index (κ3) is 4.84. The van der Waals surface area contributed by atoms with Gasteiger partial charge in [-0.1, -0.05) is 15.9 Å². The molecular formula is C14H22BrN3O. The largest absolute Gasteiger partial charge is 0.362 e. The van der Waals surface area contributed by atoms with Gasteiger partial charge < -0.3 is 15.5 Å². The lowest BCUT2D eigenvalue weighted by Gasteiger charge is -2.25. The first-order valence-corrected chi connectivity index (χ1v) is 7.36. The zero-order chi connectivity index (χ0) is 14.3. The molecule has 1 amide bonds. The molecule has 0 aliphatic heterocycles. The van der Waals surface area contributed by atoms with E-state index in [0.717, 1.165) is 23.2 Å². The zero-order valence-electron chi connectivity index (χ0n) is 11.8. The molecule has 0 spiro atoms. The number of nitrogens with zero attached hydrogens (tertiary/aromatic N) is 1. The molecule has 0 aromatic heterocycles. The molecule has 0 radical (unpaired) electrons. The maximum Gasteiger partial charge on any atom is 0.239 e. The Hall–Kier alpha value is -1.07. The van der Waals surface area contributed by atoms with E-state index in [0.29, 0.717) is 13.1 Å². The fourth-order valence-corrected chi connectivity index (χ4v) is 2.40. The van der Waals surface area contributed by atoms with Crippen molar-refractivity contribution >= 4 is 27.5 Å². The van der Waals surface area contributed by atoms with Crippen molar-refractivity contribution < 1.29 is 4.79 Å². The van der Waals surface area contributed by atoms with Crippen molar-refractivity contribution in [3.05, 3.63) is 28.2 Å². The molecule has 0 fully saturated rings. The summed E-state index contributed by atoms with van der Waals surface area (Å²) < 4.78 is 1.05. The van der Waals surface area contributed by atoms with Crippen molar-refractivity contribution in [1.29, 1.82) is 0 Å². The van der Waals surface area contributed by atoms with Crippen molar-refractivity contribution in [3.8, 4) is 0 Å². The lowest BCUT2D eigenvalue weighted by molar-refractivity contribution is -0.119. The fraction of sp³-hybridized carbons (Fsp3) is 0.500. The summed E-state index contributed by atoms with van der Waals surface area (Å²) in [5, 5.41) is 6.00. The number of hydrogen-bond acceptors (Lipinski definition) is 3. The number of carbonyl (C=O) groups excluding carboxylic acids is 1. The number of benzene rings is 1. The van der Waals surface area contributed by atoms with E-state index in [9.17, 15) is 4.79 Å². The third-order valence-corrected chi connectivity index (χ3v) is 3.33. The quantitative estimate of drug-likeness (QED) is 0.806. The molecule has 4 nitrogen and oxygen atoms in total. The second kappa shape index (κ2) is 8.17. The minimum absolute atomic E-state index is 0.0580. The minimum Gasteiger partial charge on any atom is -0.362 e. The molecule has 0 unspecified atom stereocenters. The normalized spacial score (nSPS) is 10.3. The van der Waals surface area contributed by atoms with Crippen molar-refractivity contribution in [2.45, 2.75) is 20.4 Å².